The number of para-hydroxylation sites is 1. The highest BCUT2D eigenvalue weighted by Crippen LogP contribution is 2.36. The number of methoxy groups -OCH3 is 3. The van der Waals surface area contributed by atoms with Crippen LogP contribution in [0.15, 0.2) is 22.6 Å². The van der Waals surface area contributed by atoms with Crippen LogP contribution >= 0.6 is 0 Å². The Balaban J connectivity index is 2.68. The summed E-state index contributed by atoms with van der Waals surface area (Å²) >= 11 is 0. The lowest BCUT2D eigenvalue weighted by Gasteiger charge is -2.11. The molecule has 1 heterocycles. The molecule has 108 valence electrons. The van der Waals surface area contributed by atoms with Crippen LogP contribution in [0.4, 0.5) is 0 Å². The van der Waals surface area contributed by atoms with Gasteiger partial charge in [0.25, 0.3) is 0 Å². The van der Waals surface area contributed by atoms with Crippen LogP contribution in [-0.4, -0.2) is 32.4 Å². The molecule has 0 fully saturated rings. The number of aliphatic carboxylic acids is 1. The molecule has 0 saturated carbocycles. The first-order valence-corrected chi connectivity index (χ1v) is 5.98. The third kappa shape index (κ3) is 2.48. The molecule has 0 aliphatic heterocycles. The normalized spacial score (nSPS) is 11.2. The lowest BCUT2D eigenvalue weighted by molar-refractivity contribution is -0.136. The summed E-state index contributed by atoms with van der Waals surface area (Å²) < 4.78 is 21.3. The molecule has 0 aliphatic carbocycles. The van der Waals surface area contributed by atoms with Crippen molar-refractivity contribution in [3.05, 3.63) is 29.5 Å². The maximum atomic E-state index is 11.1. The summed E-state index contributed by atoms with van der Waals surface area (Å²) in [5, 5.41) is 9.75. The van der Waals surface area contributed by atoms with E-state index in [1.807, 2.05) is 0 Å². The SMILES string of the molecule is COc1cccc2c(CC(=O)O)c(C(OC)OC)oc12. The zero-order valence-electron chi connectivity index (χ0n) is 11.5. The number of fused-ring (bicyclic) bond motifs is 1. The van der Waals surface area contributed by atoms with Gasteiger partial charge in [-0.3, -0.25) is 4.79 Å². The van der Waals surface area contributed by atoms with Crippen LogP contribution in [0.25, 0.3) is 11.0 Å². The van der Waals surface area contributed by atoms with E-state index in [9.17, 15) is 4.79 Å². The molecule has 1 aromatic carbocycles. The van der Waals surface area contributed by atoms with Crippen molar-refractivity contribution in [3.8, 4) is 5.75 Å². The summed E-state index contributed by atoms with van der Waals surface area (Å²) in [6, 6.07) is 5.31. The van der Waals surface area contributed by atoms with Crippen molar-refractivity contribution in [1.29, 1.82) is 0 Å². The average molecular weight is 280 g/mol. The van der Waals surface area contributed by atoms with Crippen molar-refractivity contribution in [2.24, 2.45) is 0 Å². The molecular weight excluding hydrogens is 264 g/mol. The average Bonchev–Trinajstić information content (AvgIpc) is 2.78. The predicted molar refractivity (Wildman–Crippen MR) is 70.9 cm³/mol. The van der Waals surface area contributed by atoms with E-state index in [0.717, 1.165) is 0 Å². The fraction of sp³-hybridized carbons (Fsp3) is 0.357. The molecule has 1 N–H and O–H groups in total. The van der Waals surface area contributed by atoms with Crippen molar-refractivity contribution in [3.63, 3.8) is 0 Å². The van der Waals surface area contributed by atoms with Crippen LogP contribution in [0.1, 0.15) is 17.6 Å². The van der Waals surface area contributed by atoms with E-state index in [-0.39, 0.29) is 6.42 Å². The first-order valence-electron chi connectivity index (χ1n) is 5.98. The second-order valence-corrected chi connectivity index (χ2v) is 4.16. The molecular formula is C14H16O6. The molecule has 0 unspecified atom stereocenters. The van der Waals surface area contributed by atoms with E-state index in [4.69, 9.17) is 23.7 Å². The summed E-state index contributed by atoms with van der Waals surface area (Å²) in [7, 11) is 4.45. The molecule has 0 atom stereocenters. The van der Waals surface area contributed by atoms with Gasteiger partial charge in [0.1, 0.15) is 0 Å². The van der Waals surface area contributed by atoms with Crippen molar-refractivity contribution in [1.82, 2.24) is 0 Å². The fourth-order valence-electron chi connectivity index (χ4n) is 2.16. The fourth-order valence-corrected chi connectivity index (χ4v) is 2.16. The Morgan fingerprint density at radius 2 is 2.00 bits per heavy atom. The Bertz CT molecular complexity index is 611. The van der Waals surface area contributed by atoms with Gasteiger partial charge in [-0.05, 0) is 6.07 Å². The molecule has 2 aromatic rings. The zero-order chi connectivity index (χ0) is 14.7. The molecule has 0 radical (unpaired) electrons. The third-order valence-electron chi connectivity index (χ3n) is 3.00. The summed E-state index contributed by atoms with van der Waals surface area (Å²) in [4.78, 5) is 11.1. The van der Waals surface area contributed by atoms with Gasteiger partial charge in [0, 0.05) is 25.2 Å². The number of ether oxygens (including phenoxy) is 3. The first kappa shape index (κ1) is 14.4. The summed E-state index contributed by atoms with van der Waals surface area (Å²) in [6.07, 6.45) is -0.944. The van der Waals surface area contributed by atoms with Gasteiger partial charge in [0.05, 0.1) is 13.5 Å². The number of carboxylic acid groups (broad SMARTS) is 1. The van der Waals surface area contributed by atoms with Crippen LogP contribution in [-0.2, 0) is 20.7 Å². The second-order valence-electron chi connectivity index (χ2n) is 4.16. The maximum Gasteiger partial charge on any atom is 0.307 e. The van der Waals surface area contributed by atoms with Gasteiger partial charge in [-0.15, -0.1) is 0 Å². The van der Waals surface area contributed by atoms with Gasteiger partial charge in [0.2, 0.25) is 6.29 Å². The molecule has 20 heavy (non-hydrogen) atoms. The Labute approximate surface area is 115 Å². The van der Waals surface area contributed by atoms with Gasteiger partial charge in [-0.1, -0.05) is 12.1 Å². The van der Waals surface area contributed by atoms with Gasteiger partial charge in [-0.25, -0.2) is 0 Å². The monoisotopic (exact) mass is 280 g/mol. The van der Waals surface area contributed by atoms with E-state index in [2.05, 4.69) is 0 Å². The highest BCUT2D eigenvalue weighted by molar-refractivity contribution is 5.90. The van der Waals surface area contributed by atoms with Crippen molar-refractivity contribution < 1.29 is 28.5 Å². The highest BCUT2D eigenvalue weighted by Gasteiger charge is 2.25. The predicted octanol–water partition coefficient (Wildman–Crippen LogP) is 2.36. The summed E-state index contributed by atoms with van der Waals surface area (Å²) in [5.41, 5.74) is 1.01. The van der Waals surface area contributed by atoms with Crippen LogP contribution in [0.5, 0.6) is 5.75 Å². The number of rotatable bonds is 6. The van der Waals surface area contributed by atoms with E-state index >= 15 is 0 Å². The Morgan fingerprint density at radius 1 is 1.30 bits per heavy atom. The number of carbonyl (C=O) groups is 1. The number of furan rings is 1. The minimum atomic E-state index is -0.956. The standard InChI is InChI=1S/C14H16O6/c1-17-10-6-4-5-8-9(7-11(15)16)13(20-12(8)10)14(18-2)19-3/h4-6,14H,7H2,1-3H3,(H,15,16). The molecule has 2 rings (SSSR count). The van der Waals surface area contributed by atoms with Crippen LogP contribution in [0.3, 0.4) is 0 Å². The molecule has 0 bridgehead atoms. The lowest BCUT2D eigenvalue weighted by atomic mass is 10.1. The van der Waals surface area contributed by atoms with Crippen LogP contribution < -0.4 is 4.74 Å². The van der Waals surface area contributed by atoms with Gasteiger partial charge in [0.15, 0.2) is 17.1 Å². The van der Waals surface area contributed by atoms with Crippen molar-refractivity contribution >= 4 is 16.9 Å². The Kier molecular flexibility index (Phi) is 4.26. The Morgan fingerprint density at radius 3 is 2.55 bits per heavy atom. The van der Waals surface area contributed by atoms with E-state index in [1.54, 1.807) is 18.2 Å². The van der Waals surface area contributed by atoms with Gasteiger partial charge < -0.3 is 23.7 Å². The quantitative estimate of drug-likeness (QED) is 0.818. The molecule has 0 saturated heterocycles. The van der Waals surface area contributed by atoms with Gasteiger partial charge >= 0.3 is 5.97 Å². The second kappa shape index (κ2) is 5.94. The number of hydrogen-bond donors (Lipinski definition) is 1. The molecule has 0 aliphatic rings. The number of carboxylic acids is 1. The summed E-state index contributed by atoms with van der Waals surface area (Å²) in [6.45, 7) is 0. The minimum Gasteiger partial charge on any atom is -0.493 e. The van der Waals surface area contributed by atoms with E-state index in [0.29, 0.717) is 28.0 Å². The topological polar surface area (TPSA) is 78.1 Å². The largest absolute Gasteiger partial charge is 0.493 e. The molecule has 0 amide bonds. The molecule has 6 heteroatoms. The van der Waals surface area contributed by atoms with Crippen molar-refractivity contribution in [2.45, 2.75) is 12.7 Å². The minimum absolute atomic E-state index is 0.182. The molecule has 6 nitrogen and oxygen atoms in total. The summed E-state index contributed by atoms with van der Waals surface area (Å²) in [5.74, 6) is -0.0778. The maximum absolute atomic E-state index is 11.1. The van der Waals surface area contributed by atoms with Crippen molar-refractivity contribution in [2.75, 3.05) is 21.3 Å². The van der Waals surface area contributed by atoms with Gasteiger partial charge in [-0.2, -0.15) is 0 Å². The zero-order valence-corrected chi connectivity index (χ0v) is 11.5. The van der Waals surface area contributed by atoms with E-state index < -0.39 is 12.3 Å². The highest BCUT2D eigenvalue weighted by atomic mass is 16.7. The smallest absolute Gasteiger partial charge is 0.307 e. The molecule has 0 spiro atoms. The number of hydrogen-bond acceptors (Lipinski definition) is 5. The van der Waals surface area contributed by atoms with Crippen LogP contribution in [0.2, 0.25) is 0 Å². The first-order chi connectivity index (χ1) is 9.62. The molecule has 1 aromatic heterocycles. The Hall–Kier alpha value is -2.05. The van der Waals surface area contributed by atoms with E-state index in [1.165, 1.54) is 21.3 Å². The number of benzene rings is 1. The van der Waals surface area contributed by atoms with Crippen LogP contribution in [0, 0.1) is 0 Å². The third-order valence-corrected chi connectivity index (χ3v) is 3.00. The lowest BCUT2D eigenvalue weighted by Crippen LogP contribution is -2.08.